The zero-order valence-corrected chi connectivity index (χ0v) is 14.2. The van der Waals surface area contributed by atoms with Crippen molar-refractivity contribution in [3.05, 3.63) is 22.3 Å². The first kappa shape index (κ1) is 17.6. The molecule has 0 aliphatic heterocycles. The number of aromatic hydroxyl groups is 2. The maximum Gasteiger partial charge on any atom is 0.339 e. The third-order valence-corrected chi connectivity index (χ3v) is 4.93. The number of carboxylic acid groups (broad SMARTS) is 1. The molecule has 0 aromatic heterocycles. The van der Waals surface area contributed by atoms with Crippen LogP contribution in [0.3, 0.4) is 0 Å². The van der Waals surface area contributed by atoms with E-state index >= 15 is 0 Å². The van der Waals surface area contributed by atoms with Crippen LogP contribution in [0.2, 0.25) is 0 Å². The van der Waals surface area contributed by atoms with E-state index in [0.717, 1.165) is 61.6 Å². The Morgan fingerprint density at radius 2 is 1.52 bits per heavy atom. The van der Waals surface area contributed by atoms with E-state index in [1.165, 1.54) is 6.42 Å². The molecule has 0 heterocycles. The van der Waals surface area contributed by atoms with Gasteiger partial charge in [0.2, 0.25) is 0 Å². The van der Waals surface area contributed by atoms with E-state index in [2.05, 4.69) is 6.92 Å². The lowest BCUT2D eigenvalue weighted by Crippen LogP contribution is -2.16. The minimum Gasteiger partial charge on any atom is -0.504 e. The lowest BCUT2D eigenvalue weighted by Gasteiger charge is -2.28. The van der Waals surface area contributed by atoms with Gasteiger partial charge in [-0.1, -0.05) is 46.0 Å². The Balaban J connectivity index is 2.72. The molecule has 0 atom stereocenters. The zero-order chi connectivity index (χ0) is 17.0. The van der Waals surface area contributed by atoms with Gasteiger partial charge < -0.3 is 15.3 Å². The van der Waals surface area contributed by atoms with Crippen LogP contribution in [-0.2, 0) is 12.8 Å². The van der Waals surface area contributed by atoms with Crippen molar-refractivity contribution in [2.75, 3.05) is 0 Å². The second kappa shape index (κ2) is 7.71. The maximum atomic E-state index is 11.8. The number of carboxylic acids is 1. The Bertz CT molecular complexity index is 571. The van der Waals surface area contributed by atoms with Gasteiger partial charge in [-0.2, -0.15) is 0 Å². The first-order valence-corrected chi connectivity index (χ1v) is 8.85. The quantitative estimate of drug-likeness (QED) is 0.661. The molecule has 0 unspecified atom stereocenters. The second-order valence-corrected chi connectivity index (χ2v) is 6.58. The topological polar surface area (TPSA) is 77.8 Å². The Hall–Kier alpha value is -1.71. The maximum absolute atomic E-state index is 11.8. The van der Waals surface area contributed by atoms with Gasteiger partial charge in [0.1, 0.15) is 5.56 Å². The van der Waals surface area contributed by atoms with Gasteiger partial charge in [0, 0.05) is 5.56 Å². The molecule has 4 heteroatoms. The molecule has 0 amide bonds. The number of aromatic carboxylic acids is 1. The van der Waals surface area contributed by atoms with Crippen LogP contribution in [0.5, 0.6) is 11.5 Å². The number of hydrogen-bond donors (Lipinski definition) is 3. The Labute approximate surface area is 138 Å². The predicted molar refractivity (Wildman–Crippen MR) is 90.5 cm³/mol. The van der Waals surface area contributed by atoms with Crippen LogP contribution in [0.4, 0.5) is 0 Å². The summed E-state index contributed by atoms with van der Waals surface area (Å²) in [6.45, 7) is 4.09. The molecule has 0 bridgehead atoms. The normalized spacial score (nSPS) is 15.7. The lowest BCUT2D eigenvalue weighted by molar-refractivity contribution is 0.0690. The SMILES string of the molecule is CCCc1c(O)c(O)c(C(=O)O)c(C2CCCCC2)c1CCC. The molecule has 0 spiro atoms. The summed E-state index contributed by atoms with van der Waals surface area (Å²) in [5.41, 5.74) is 2.43. The molecule has 1 aromatic rings. The van der Waals surface area contributed by atoms with E-state index in [9.17, 15) is 20.1 Å². The molecule has 1 aromatic carbocycles. The van der Waals surface area contributed by atoms with Crippen LogP contribution in [-0.4, -0.2) is 21.3 Å². The number of phenolic OH excluding ortho intramolecular Hbond substituents is 1. The molecule has 3 N–H and O–H groups in total. The average molecular weight is 320 g/mol. The summed E-state index contributed by atoms with van der Waals surface area (Å²) < 4.78 is 0. The third-order valence-electron chi connectivity index (χ3n) is 4.93. The van der Waals surface area contributed by atoms with Crippen molar-refractivity contribution < 1.29 is 20.1 Å². The molecular formula is C19H28O4. The molecule has 0 radical (unpaired) electrons. The van der Waals surface area contributed by atoms with E-state index in [0.29, 0.717) is 6.42 Å². The Kier molecular flexibility index (Phi) is 5.91. The van der Waals surface area contributed by atoms with E-state index < -0.39 is 11.7 Å². The average Bonchev–Trinajstić information content (AvgIpc) is 2.54. The van der Waals surface area contributed by atoms with E-state index in [4.69, 9.17) is 0 Å². The molecule has 0 saturated heterocycles. The number of carbonyl (C=O) groups is 1. The summed E-state index contributed by atoms with van der Waals surface area (Å²) in [5, 5.41) is 30.4. The molecule has 1 aliphatic carbocycles. The van der Waals surface area contributed by atoms with Gasteiger partial charge in [-0.15, -0.1) is 0 Å². The van der Waals surface area contributed by atoms with Crippen LogP contribution in [0.25, 0.3) is 0 Å². The van der Waals surface area contributed by atoms with Gasteiger partial charge in [0.25, 0.3) is 0 Å². The summed E-state index contributed by atoms with van der Waals surface area (Å²) in [6, 6.07) is 0. The predicted octanol–water partition coefficient (Wildman–Crippen LogP) is 4.75. The molecule has 1 aliphatic rings. The molecule has 128 valence electrons. The highest BCUT2D eigenvalue weighted by Gasteiger charge is 2.31. The van der Waals surface area contributed by atoms with Crippen LogP contribution in [0.15, 0.2) is 0 Å². The molecular weight excluding hydrogens is 292 g/mol. The number of phenols is 2. The van der Waals surface area contributed by atoms with Crippen LogP contribution in [0, 0.1) is 0 Å². The summed E-state index contributed by atoms with van der Waals surface area (Å²) in [5.74, 6) is -1.63. The highest BCUT2D eigenvalue weighted by molar-refractivity contribution is 5.95. The summed E-state index contributed by atoms with van der Waals surface area (Å²) in [4.78, 5) is 11.8. The largest absolute Gasteiger partial charge is 0.504 e. The summed E-state index contributed by atoms with van der Waals surface area (Å²) in [7, 11) is 0. The smallest absolute Gasteiger partial charge is 0.339 e. The number of rotatable bonds is 6. The standard InChI is InChI=1S/C19H28O4/c1-3-8-13-14(9-4-2)17(20)18(21)16(19(22)23)15(13)12-10-6-5-7-11-12/h12,20-21H,3-11H2,1-2H3,(H,22,23). The Morgan fingerprint density at radius 1 is 0.957 bits per heavy atom. The number of hydrogen-bond acceptors (Lipinski definition) is 3. The minimum atomic E-state index is -1.14. The molecule has 4 nitrogen and oxygen atoms in total. The highest BCUT2D eigenvalue weighted by atomic mass is 16.4. The van der Waals surface area contributed by atoms with Crippen molar-refractivity contribution >= 4 is 5.97 Å². The number of benzene rings is 1. The fourth-order valence-electron chi connectivity index (χ4n) is 3.96. The first-order valence-electron chi connectivity index (χ1n) is 8.85. The van der Waals surface area contributed by atoms with Gasteiger partial charge in [0.05, 0.1) is 0 Å². The lowest BCUT2D eigenvalue weighted by atomic mass is 9.76. The monoisotopic (exact) mass is 320 g/mol. The molecule has 1 saturated carbocycles. The molecule has 23 heavy (non-hydrogen) atoms. The van der Waals surface area contributed by atoms with Gasteiger partial charge in [-0.05, 0) is 42.7 Å². The van der Waals surface area contributed by atoms with Crippen LogP contribution in [0.1, 0.15) is 91.8 Å². The van der Waals surface area contributed by atoms with Crippen molar-refractivity contribution in [3.63, 3.8) is 0 Å². The fraction of sp³-hybridized carbons (Fsp3) is 0.632. The summed E-state index contributed by atoms with van der Waals surface area (Å²) in [6.07, 6.45) is 8.46. The third kappa shape index (κ3) is 3.46. The van der Waals surface area contributed by atoms with E-state index in [1.807, 2.05) is 6.92 Å². The van der Waals surface area contributed by atoms with E-state index in [1.54, 1.807) is 0 Å². The highest BCUT2D eigenvalue weighted by Crippen LogP contribution is 2.46. The Morgan fingerprint density at radius 3 is 2.04 bits per heavy atom. The summed E-state index contributed by atoms with van der Waals surface area (Å²) >= 11 is 0. The van der Waals surface area contributed by atoms with Crippen molar-refractivity contribution in [3.8, 4) is 11.5 Å². The first-order chi connectivity index (χ1) is 11.0. The van der Waals surface area contributed by atoms with Crippen molar-refractivity contribution in [1.82, 2.24) is 0 Å². The van der Waals surface area contributed by atoms with Gasteiger partial charge >= 0.3 is 5.97 Å². The van der Waals surface area contributed by atoms with Gasteiger partial charge in [-0.3, -0.25) is 0 Å². The van der Waals surface area contributed by atoms with E-state index in [-0.39, 0.29) is 17.2 Å². The minimum absolute atomic E-state index is 0.0716. The van der Waals surface area contributed by atoms with Gasteiger partial charge in [-0.25, -0.2) is 4.79 Å². The fourth-order valence-corrected chi connectivity index (χ4v) is 3.96. The van der Waals surface area contributed by atoms with Crippen molar-refractivity contribution in [2.24, 2.45) is 0 Å². The van der Waals surface area contributed by atoms with Crippen LogP contribution >= 0.6 is 0 Å². The van der Waals surface area contributed by atoms with Crippen LogP contribution < -0.4 is 0 Å². The molecule has 2 rings (SSSR count). The zero-order valence-electron chi connectivity index (χ0n) is 14.2. The molecule has 1 fully saturated rings. The second-order valence-electron chi connectivity index (χ2n) is 6.58. The van der Waals surface area contributed by atoms with Crippen molar-refractivity contribution in [1.29, 1.82) is 0 Å². The van der Waals surface area contributed by atoms with Crippen molar-refractivity contribution in [2.45, 2.75) is 77.6 Å². The van der Waals surface area contributed by atoms with Gasteiger partial charge in [0.15, 0.2) is 11.5 Å².